The summed E-state index contributed by atoms with van der Waals surface area (Å²) in [6.07, 6.45) is 5.83. The smallest absolute Gasteiger partial charge is 0.251 e. The lowest BCUT2D eigenvalue weighted by Gasteiger charge is -2.33. The summed E-state index contributed by atoms with van der Waals surface area (Å²) >= 11 is 1.76. The molecule has 0 radical (unpaired) electrons. The molecule has 3 rings (SSSR count). The third kappa shape index (κ3) is 4.52. The van der Waals surface area contributed by atoms with Crippen LogP contribution in [-0.2, 0) is 22.4 Å². The molecule has 5 nitrogen and oxygen atoms in total. The summed E-state index contributed by atoms with van der Waals surface area (Å²) in [4.78, 5) is 18.9. The Bertz CT molecular complexity index is 506. The van der Waals surface area contributed by atoms with Gasteiger partial charge >= 0.3 is 0 Å². The standard InChI is InChI=1S/C17H27N3O2S/c1-2-13-12-23-16(19-13)5-8-18-14-6-9-20(10-7-14)17(21)15-4-3-11-22-15/h12,14-15,18H,2-11H2,1H3/t15-/m1/s1. The van der Waals surface area contributed by atoms with E-state index in [0.717, 1.165) is 64.8 Å². The van der Waals surface area contributed by atoms with Crippen LogP contribution in [0.15, 0.2) is 5.38 Å². The number of amides is 1. The zero-order valence-corrected chi connectivity index (χ0v) is 14.7. The first kappa shape index (κ1) is 16.9. The molecule has 128 valence electrons. The molecule has 0 aliphatic carbocycles. The van der Waals surface area contributed by atoms with E-state index in [4.69, 9.17) is 4.74 Å². The van der Waals surface area contributed by atoms with E-state index >= 15 is 0 Å². The van der Waals surface area contributed by atoms with Gasteiger partial charge in [-0.1, -0.05) is 6.92 Å². The molecule has 2 aliphatic heterocycles. The summed E-state index contributed by atoms with van der Waals surface area (Å²) in [5.74, 6) is 0.204. The van der Waals surface area contributed by atoms with Crippen molar-refractivity contribution in [1.29, 1.82) is 0 Å². The van der Waals surface area contributed by atoms with Crippen LogP contribution in [0.1, 0.15) is 43.3 Å². The molecular weight excluding hydrogens is 310 g/mol. The van der Waals surface area contributed by atoms with Crippen molar-refractivity contribution in [3.63, 3.8) is 0 Å². The third-order valence-electron chi connectivity index (χ3n) is 4.75. The SMILES string of the molecule is CCc1csc(CCNC2CCN(C(=O)[C@H]3CCCO3)CC2)n1. The van der Waals surface area contributed by atoms with Crippen LogP contribution < -0.4 is 5.32 Å². The number of carbonyl (C=O) groups is 1. The van der Waals surface area contributed by atoms with Gasteiger partial charge in [0.2, 0.25) is 0 Å². The Labute approximate surface area is 142 Å². The van der Waals surface area contributed by atoms with Gasteiger partial charge in [0.05, 0.1) is 10.7 Å². The summed E-state index contributed by atoms with van der Waals surface area (Å²) in [6, 6.07) is 0.522. The fraction of sp³-hybridized carbons (Fsp3) is 0.765. The predicted octanol–water partition coefficient (Wildman–Crippen LogP) is 2.01. The van der Waals surface area contributed by atoms with Crippen LogP contribution in [0.25, 0.3) is 0 Å². The van der Waals surface area contributed by atoms with Crippen molar-refractivity contribution >= 4 is 17.2 Å². The minimum Gasteiger partial charge on any atom is -0.368 e. The fourth-order valence-corrected chi connectivity index (χ4v) is 4.17. The average Bonchev–Trinajstić information content (AvgIpc) is 3.26. The monoisotopic (exact) mass is 337 g/mol. The molecule has 0 unspecified atom stereocenters. The van der Waals surface area contributed by atoms with Gasteiger partial charge in [0.15, 0.2) is 0 Å². The van der Waals surface area contributed by atoms with Crippen LogP contribution in [0, 0.1) is 0 Å². The fourth-order valence-electron chi connectivity index (χ4n) is 3.29. The lowest BCUT2D eigenvalue weighted by Crippen LogP contribution is -2.48. The van der Waals surface area contributed by atoms with Crippen LogP contribution in [0.3, 0.4) is 0 Å². The van der Waals surface area contributed by atoms with Crippen LogP contribution in [0.5, 0.6) is 0 Å². The number of nitrogens with zero attached hydrogens (tertiary/aromatic N) is 2. The van der Waals surface area contributed by atoms with Gasteiger partial charge in [0, 0.05) is 44.1 Å². The normalized spacial score (nSPS) is 22.7. The highest BCUT2D eigenvalue weighted by Crippen LogP contribution is 2.18. The van der Waals surface area contributed by atoms with Gasteiger partial charge in [-0.3, -0.25) is 4.79 Å². The number of carbonyl (C=O) groups excluding carboxylic acids is 1. The second-order valence-corrected chi connectivity index (χ2v) is 7.33. The molecule has 1 amide bonds. The van der Waals surface area contributed by atoms with Crippen molar-refractivity contribution in [2.24, 2.45) is 0 Å². The summed E-state index contributed by atoms with van der Waals surface area (Å²) in [5.41, 5.74) is 1.20. The molecule has 1 aromatic heterocycles. The molecule has 2 fully saturated rings. The first-order valence-electron chi connectivity index (χ1n) is 8.83. The zero-order chi connectivity index (χ0) is 16.1. The first-order valence-corrected chi connectivity index (χ1v) is 9.71. The lowest BCUT2D eigenvalue weighted by atomic mass is 10.0. The molecule has 0 spiro atoms. The quantitative estimate of drug-likeness (QED) is 0.863. The highest BCUT2D eigenvalue weighted by molar-refractivity contribution is 7.09. The van der Waals surface area contributed by atoms with Crippen molar-refractivity contribution in [2.45, 2.75) is 57.6 Å². The van der Waals surface area contributed by atoms with E-state index in [1.165, 1.54) is 10.7 Å². The van der Waals surface area contributed by atoms with Gasteiger partial charge in [-0.05, 0) is 32.1 Å². The average molecular weight is 337 g/mol. The van der Waals surface area contributed by atoms with Gasteiger partial charge < -0.3 is 15.0 Å². The van der Waals surface area contributed by atoms with Crippen molar-refractivity contribution in [1.82, 2.24) is 15.2 Å². The third-order valence-corrected chi connectivity index (χ3v) is 5.70. The summed E-state index contributed by atoms with van der Waals surface area (Å²) in [5, 5.41) is 7.00. The summed E-state index contributed by atoms with van der Waals surface area (Å²) in [7, 11) is 0. The van der Waals surface area contributed by atoms with Crippen LogP contribution in [0.4, 0.5) is 0 Å². The van der Waals surface area contributed by atoms with Gasteiger partial charge in [0.25, 0.3) is 5.91 Å². The highest BCUT2D eigenvalue weighted by Gasteiger charge is 2.30. The first-order chi connectivity index (χ1) is 11.3. The maximum atomic E-state index is 12.3. The van der Waals surface area contributed by atoms with E-state index in [2.05, 4.69) is 22.6 Å². The molecule has 1 atom stereocenters. The Morgan fingerprint density at radius 1 is 1.43 bits per heavy atom. The van der Waals surface area contributed by atoms with E-state index < -0.39 is 0 Å². The van der Waals surface area contributed by atoms with Gasteiger partial charge in [0.1, 0.15) is 6.10 Å². The number of aryl methyl sites for hydroxylation is 1. The van der Waals surface area contributed by atoms with Gasteiger partial charge in [-0.15, -0.1) is 11.3 Å². The van der Waals surface area contributed by atoms with Gasteiger partial charge in [-0.25, -0.2) is 4.98 Å². The molecule has 2 aliphatic rings. The molecular formula is C17H27N3O2S. The van der Waals surface area contributed by atoms with Crippen molar-refractivity contribution in [2.75, 3.05) is 26.2 Å². The molecule has 0 aromatic carbocycles. The molecule has 0 saturated carbocycles. The summed E-state index contributed by atoms with van der Waals surface area (Å²) in [6.45, 7) is 5.57. The number of nitrogens with one attached hydrogen (secondary N) is 1. The number of ether oxygens (including phenoxy) is 1. The second kappa shape index (κ2) is 8.22. The molecule has 23 heavy (non-hydrogen) atoms. The number of piperidine rings is 1. The Morgan fingerprint density at radius 2 is 2.26 bits per heavy atom. The summed E-state index contributed by atoms with van der Waals surface area (Å²) < 4.78 is 5.51. The maximum Gasteiger partial charge on any atom is 0.251 e. The minimum atomic E-state index is -0.169. The molecule has 2 saturated heterocycles. The van der Waals surface area contributed by atoms with Crippen molar-refractivity contribution in [3.05, 3.63) is 16.1 Å². The van der Waals surface area contributed by atoms with E-state index in [1.54, 1.807) is 11.3 Å². The van der Waals surface area contributed by atoms with E-state index in [-0.39, 0.29) is 12.0 Å². The number of rotatable bonds is 6. The molecule has 0 bridgehead atoms. The number of likely N-dealkylation sites (tertiary alicyclic amines) is 1. The Kier molecular flexibility index (Phi) is 6.02. The van der Waals surface area contributed by atoms with Crippen molar-refractivity contribution < 1.29 is 9.53 Å². The van der Waals surface area contributed by atoms with E-state index in [9.17, 15) is 4.79 Å². The van der Waals surface area contributed by atoms with Crippen LogP contribution in [-0.4, -0.2) is 54.2 Å². The van der Waals surface area contributed by atoms with Crippen LogP contribution >= 0.6 is 11.3 Å². The molecule has 1 aromatic rings. The van der Waals surface area contributed by atoms with Crippen LogP contribution in [0.2, 0.25) is 0 Å². The number of hydrogen-bond acceptors (Lipinski definition) is 5. The van der Waals surface area contributed by atoms with E-state index in [0.29, 0.717) is 6.04 Å². The lowest BCUT2D eigenvalue weighted by molar-refractivity contribution is -0.142. The van der Waals surface area contributed by atoms with Gasteiger partial charge in [-0.2, -0.15) is 0 Å². The Morgan fingerprint density at radius 3 is 2.91 bits per heavy atom. The Balaban J connectivity index is 1.35. The predicted molar refractivity (Wildman–Crippen MR) is 91.8 cm³/mol. The minimum absolute atomic E-state index is 0.169. The molecule has 1 N–H and O–H groups in total. The Hall–Kier alpha value is -0.980. The second-order valence-electron chi connectivity index (χ2n) is 6.39. The largest absolute Gasteiger partial charge is 0.368 e. The highest BCUT2D eigenvalue weighted by atomic mass is 32.1. The maximum absolute atomic E-state index is 12.3. The van der Waals surface area contributed by atoms with E-state index in [1.807, 2.05) is 4.90 Å². The number of aromatic nitrogens is 1. The number of thiazole rings is 1. The number of hydrogen-bond donors (Lipinski definition) is 1. The van der Waals surface area contributed by atoms with Crippen molar-refractivity contribution in [3.8, 4) is 0 Å². The topological polar surface area (TPSA) is 54.5 Å². The zero-order valence-electron chi connectivity index (χ0n) is 13.9. The molecule has 3 heterocycles. The molecule has 6 heteroatoms.